The lowest BCUT2D eigenvalue weighted by molar-refractivity contribution is 0.0337. The van der Waals surface area contributed by atoms with Crippen molar-refractivity contribution >= 4 is 10.9 Å². The Labute approximate surface area is 207 Å². The van der Waals surface area contributed by atoms with Gasteiger partial charge in [0.05, 0.1) is 5.52 Å². The molecule has 0 amide bonds. The number of hydrogen-bond acceptors (Lipinski definition) is 5. The highest BCUT2D eigenvalue weighted by atomic mass is 16.1. The van der Waals surface area contributed by atoms with Gasteiger partial charge in [0.1, 0.15) is 6.04 Å². The largest absolute Gasteiger partial charge is 0.321 e. The molecule has 0 bridgehead atoms. The first-order valence-corrected chi connectivity index (χ1v) is 13.7. The number of para-hydroxylation sites is 1. The topological polar surface area (TPSA) is 79.7 Å². The first kappa shape index (κ1) is 22.9. The molecule has 7 heteroatoms. The second-order valence-electron chi connectivity index (χ2n) is 11.5. The van der Waals surface area contributed by atoms with Crippen LogP contribution in [0.15, 0.2) is 29.1 Å². The van der Waals surface area contributed by atoms with Crippen molar-refractivity contribution in [2.75, 3.05) is 13.1 Å². The van der Waals surface area contributed by atoms with Gasteiger partial charge in [-0.3, -0.25) is 9.69 Å². The van der Waals surface area contributed by atoms with Gasteiger partial charge < -0.3 is 4.98 Å². The van der Waals surface area contributed by atoms with Gasteiger partial charge in [-0.05, 0) is 90.8 Å². The molecule has 186 valence electrons. The van der Waals surface area contributed by atoms with Crippen molar-refractivity contribution in [1.82, 2.24) is 30.1 Å². The molecule has 1 saturated heterocycles. The maximum Gasteiger partial charge on any atom is 0.253 e. The summed E-state index contributed by atoms with van der Waals surface area (Å²) in [6, 6.07) is 8.09. The number of aromatic amines is 1. The predicted molar refractivity (Wildman–Crippen MR) is 137 cm³/mol. The highest BCUT2D eigenvalue weighted by molar-refractivity contribution is 5.82. The van der Waals surface area contributed by atoms with Crippen molar-refractivity contribution in [3.63, 3.8) is 0 Å². The van der Waals surface area contributed by atoms with E-state index in [2.05, 4.69) is 56.6 Å². The van der Waals surface area contributed by atoms with Gasteiger partial charge in [-0.1, -0.05) is 50.3 Å². The van der Waals surface area contributed by atoms with Gasteiger partial charge >= 0.3 is 0 Å². The number of likely N-dealkylation sites (tertiary alicyclic amines) is 1. The fourth-order valence-corrected chi connectivity index (χ4v) is 7.25. The third-order valence-electron chi connectivity index (χ3n) is 9.09. The molecule has 0 radical (unpaired) electrons. The number of benzene rings is 1. The first-order valence-electron chi connectivity index (χ1n) is 13.7. The molecule has 3 heterocycles. The molecule has 1 atom stereocenters. The van der Waals surface area contributed by atoms with Crippen LogP contribution in [0.1, 0.15) is 93.6 Å². The predicted octanol–water partition coefficient (Wildman–Crippen LogP) is 5.15. The molecule has 6 rings (SSSR count). The van der Waals surface area contributed by atoms with Gasteiger partial charge in [-0.2, -0.15) is 0 Å². The van der Waals surface area contributed by atoms with E-state index in [1.54, 1.807) is 0 Å². The van der Waals surface area contributed by atoms with Crippen molar-refractivity contribution in [3.05, 3.63) is 51.6 Å². The number of rotatable bonds is 5. The molecule has 3 fully saturated rings. The van der Waals surface area contributed by atoms with Crippen LogP contribution >= 0.6 is 0 Å². The Morgan fingerprint density at radius 2 is 1.89 bits per heavy atom. The van der Waals surface area contributed by atoms with Gasteiger partial charge in [0.2, 0.25) is 0 Å². The summed E-state index contributed by atoms with van der Waals surface area (Å²) >= 11 is 0. The van der Waals surface area contributed by atoms with E-state index in [4.69, 9.17) is 0 Å². The van der Waals surface area contributed by atoms with E-state index in [0.717, 1.165) is 47.5 Å². The molecule has 3 aromatic rings. The van der Waals surface area contributed by atoms with Crippen LogP contribution in [0.2, 0.25) is 0 Å². The number of aromatic nitrogens is 5. The van der Waals surface area contributed by atoms with Gasteiger partial charge in [0.15, 0.2) is 5.82 Å². The fraction of sp³-hybridized carbons (Fsp3) is 0.643. The summed E-state index contributed by atoms with van der Waals surface area (Å²) in [5.41, 5.74) is 3.15. The highest BCUT2D eigenvalue weighted by Crippen LogP contribution is 2.45. The lowest BCUT2D eigenvalue weighted by atomic mass is 9.69. The molecular formula is C28H38N6O. The summed E-state index contributed by atoms with van der Waals surface area (Å²) in [6.07, 6.45) is 14.2. The summed E-state index contributed by atoms with van der Waals surface area (Å²) in [7, 11) is 0. The van der Waals surface area contributed by atoms with E-state index in [-0.39, 0.29) is 11.6 Å². The Bertz CT molecular complexity index is 1230. The average Bonchev–Trinajstić information content (AvgIpc) is 3.54. The quantitative estimate of drug-likeness (QED) is 0.553. The zero-order valence-corrected chi connectivity index (χ0v) is 21.0. The molecule has 0 unspecified atom stereocenters. The number of pyridine rings is 1. The van der Waals surface area contributed by atoms with Crippen molar-refractivity contribution in [1.29, 1.82) is 0 Å². The molecule has 1 spiro atoms. The van der Waals surface area contributed by atoms with E-state index in [1.165, 1.54) is 70.6 Å². The number of aryl methyl sites for hydroxylation is 1. The zero-order chi connectivity index (χ0) is 23.8. The summed E-state index contributed by atoms with van der Waals surface area (Å²) in [5, 5.41) is 14.3. The van der Waals surface area contributed by atoms with Crippen LogP contribution in [-0.2, 0) is 6.54 Å². The Balaban J connectivity index is 1.44. The first-order chi connectivity index (χ1) is 17.1. The molecule has 1 N–H and O–H groups in total. The van der Waals surface area contributed by atoms with Crippen molar-refractivity contribution in [2.24, 2.45) is 11.3 Å². The molecule has 3 aliphatic rings. The lowest BCUT2D eigenvalue weighted by Gasteiger charge is -2.47. The average molecular weight is 475 g/mol. The van der Waals surface area contributed by atoms with E-state index in [0.29, 0.717) is 11.3 Å². The van der Waals surface area contributed by atoms with Gasteiger partial charge in [0.25, 0.3) is 5.56 Å². The highest BCUT2D eigenvalue weighted by Gasteiger charge is 2.41. The number of nitrogens with one attached hydrogen (secondary N) is 1. The molecular weight excluding hydrogens is 436 g/mol. The molecule has 2 saturated carbocycles. The molecule has 1 aromatic carbocycles. The van der Waals surface area contributed by atoms with E-state index >= 15 is 0 Å². The maximum absolute atomic E-state index is 13.6. The van der Waals surface area contributed by atoms with Crippen LogP contribution in [0, 0.1) is 18.3 Å². The Kier molecular flexibility index (Phi) is 6.21. The Morgan fingerprint density at radius 3 is 2.71 bits per heavy atom. The number of piperidine rings is 1. The SMILES string of the molecule is Cc1cccc2cc([C@H](c3nnnn3CC3CCCC3)N3CCCC4(CCCCC4)C3)c(=O)[nH]c12. The smallest absolute Gasteiger partial charge is 0.253 e. The van der Waals surface area contributed by atoms with Crippen LogP contribution in [-0.4, -0.2) is 43.2 Å². The number of nitrogens with zero attached hydrogens (tertiary/aromatic N) is 5. The van der Waals surface area contributed by atoms with Crippen LogP contribution in [0.4, 0.5) is 0 Å². The maximum atomic E-state index is 13.6. The number of tetrazole rings is 1. The summed E-state index contributed by atoms with van der Waals surface area (Å²) < 4.78 is 2.02. The molecule has 35 heavy (non-hydrogen) atoms. The van der Waals surface area contributed by atoms with Crippen molar-refractivity contribution in [2.45, 2.75) is 90.1 Å². The van der Waals surface area contributed by atoms with Crippen molar-refractivity contribution < 1.29 is 0 Å². The Morgan fingerprint density at radius 1 is 1.09 bits per heavy atom. The lowest BCUT2D eigenvalue weighted by Crippen LogP contribution is -2.47. The molecule has 2 aromatic heterocycles. The van der Waals surface area contributed by atoms with E-state index < -0.39 is 0 Å². The number of H-pyrrole nitrogens is 1. The summed E-state index contributed by atoms with van der Waals surface area (Å²) in [5.74, 6) is 1.46. The van der Waals surface area contributed by atoms with Crippen LogP contribution in [0.5, 0.6) is 0 Å². The van der Waals surface area contributed by atoms with Crippen LogP contribution in [0.3, 0.4) is 0 Å². The second kappa shape index (κ2) is 9.49. The molecule has 7 nitrogen and oxygen atoms in total. The third-order valence-corrected chi connectivity index (χ3v) is 9.09. The second-order valence-corrected chi connectivity index (χ2v) is 11.5. The summed E-state index contributed by atoms with van der Waals surface area (Å²) in [6.45, 7) is 4.91. The van der Waals surface area contributed by atoms with Crippen LogP contribution in [0.25, 0.3) is 10.9 Å². The Hall–Kier alpha value is -2.54. The minimum Gasteiger partial charge on any atom is -0.321 e. The standard InChI is InChI=1S/C28H38N6O/c1-20-9-7-12-22-17-23(27(35)29-24(20)22)25(26-30-31-32-34(26)18-21-10-3-4-11-21)33-16-8-15-28(19-33)13-5-2-6-14-28/h7,9,12,17,21,25H,2-6,8,10-11,13-16,18-19H2,1H3,(H,29,35)/t25-/m1/s1. The van der Waals surface area contributed by atoms with Gasteiger partial charge in [0, 0.05) is 18.7 Å². The fourth-order valence-electron chi connectivity index (χ4n) is 7.25. The number of fused-ring (bicyclic) bond motifs is 1. The minimum atomic E-state index is -0.223. The van der Waals surface area contributed by atoms with Crippen LogP contribution < -0.4 is 5.56 Å². The third kappa shape index (κ3) is 4.44. The molecule has 1 aliphatic heterocycles. The summed E-state index contributed by atoms with van der Waals surface area (Å²) in [4.78, 5) is 19.4. The zero-order valence-electron chi connectivity index (χ0n) is 21.0. The van der Waals surface area contributed by atoms with Crippen molar-refractivity contribution in [3.8, 4) is 0 Å². The van der Waals surface area contributed by atoms with E-state index in [9.17, 15) is 4.79 Å². The number of hydrogen-bond donors (Lipinski definition) is 1. The van der Waals surface area contributed by atoms with E-state index in [1.807, 2.05) is 4.68 Å². The van der Waals surface area contributed by atoms with Gasteiger partial charge in [-0.15, -0.1) is 5.10 Å². The minimum absolute atomic E-state index is 0.0181. The molecule has 2 aliphatic carbocycles. The monoisotopic (exact) mass is 474 g/mol. The normalized spacial score (nSPS) is 22.2. The van der Waals surface area contributed by atoms with Gasteiger partial charge in [-0.25, -0.2) is 4.68 Å².